The molecule has 4 rings (SSSR count). The molecule has 0 aliphatic carbocycles. The molecule has 0 bridgehead atoms. The zero-order chi connectivity index (χ0) is 14.6. The molecule has 0 aliphatic rings. The predicted octanol–water partition coefficient (Wildman–Crippen LogP) is 5.17. The first-order valence-corrected chi connectivity index (χ1v) is 6.99. The van der Waals surface area contributed by atoms with Gasteiger partial charge in [0.1, 0.15) is 16.9 Å². The maximum Gasteiger partial charge on any atom is 0.192 e. The summed E-state index contributed by atoms with van der Waals surface area (Å²) in [5.41, 5.74) is 5.96. The van der Waals surface area contributed by atoms with Crippen LogP contribution >= 0.6 is 0 Å². The van der Waals surface area contributed by atoms with Gasteiger partial charge in [-0.3, -0.25) is 0 Å². The van der Waals surface area contributed by atoms with Crippen molar-refractivity contribution in [1.29, 1.82) is 0 Å². The number of oxazole rings is 1. The number of aromatic nitrogens is 1. The summed E-state index contributed by atoms with van der Waals surface area (Å²) in [6.07, 6.45) is 0. The van der Waals surface area contributed by atoms with Gasteiger partial charge in [0.2, 0.25) is 0 Å². The highest BCUT2D eigenvalue weighted by Gasteiger charge is 2.15. The number of benzene rings is 2. The molecule has 2 aromatic carbocycles. The molecule has 21 heavy (non-hydrogen) atoms. The second-order valence-corrected chi connectivity index (χ2v) is 5.47. The quantitative estimate of drug-likeness (QED) is 0.482. The Bertz CT molecular complexity index is 958. The fourth-order valence-electron chi connectivity index (χ4n) is 2.74. The highest BCUT2D eigenvalue weighted by Crippen LogP contribution is 2.35. The Morgan fingerprint density at radius 1 is 0.857 bits per heavy atom. The van der Waals surface area contributed by atoms with Crippen LogP contribution in [-0.2, 0) is 0 Å². The predicted molar refractivity (Wildman–Crippen MR) is 83.4 cm³/mol. The van der Waals surface area contributed by atoms with Crippen molar-refractivity contribution in [1.82, 2.24) is 4.98 Å². The van der Waals surface area contributed by atoms with E-state index in [1.165, 1.54) is 5.56 Å². The number of hydrogen-bond donors (Lipinski definition) is 0. The molecule has 0 spiro atoms. The highest BCUT2D eigenvalue weighted by atomic mass is 16.4. The zero-order valence-electron chi connectivity index (χ0n) is 12.2. The molecule has 0 amide bonds. The number of nitrogens with zero attached hydrogens (tertiary/aromatic N) is 1. The van der Waals surface area contributed by atoms with E-state index in [0.29, 0.717) is 5.89 Å². The van der Waals surface area contributed by atoms with Gasteiger partial charge in [-0.1, -0.05) is 29.8 Å². The van der Waals surface area contributed by atoms with E-state index >= 15 is 0 Å². The smallest absolute Gasteiger partial charge is 0.192 e. The average molecular weight is 277 g/mol. The minimum atomic E-state index is 0.675. The lowest BCUT2D eigenvalue weighted by Gasteiger charge is -1.99. The molecule has 0 radical (unpaired) electrons. The summed E-state index contributed by atoms with van der Waals surface area (Å²) in [4.78, 5) is 4.36. The third-order valence-corrected chi connectivity index (χ3v) is 3.87. The Labute approximate surface area is 122 Å². The van der Waals surface area contributed by atoms with Crippen LogP contribution in [0.3, 0.4) is 0 Å². The van der Waals surface area contributed by atoms with Crippen LogP contribution in [0.1, 0.15) is 17.0 Å². The Morgan fingerprint density at radius 2 is 1.62 bits per heavy atom. The number of rotatable bonds is 1. The second kappa shape index (κ2) is 4.22. The van der Waals surface area contributed by atoms with Crippen molar-refractivity contribution in [3.63, 3.8) is 0 Å². The van der Waals surface area contributed by atoms with Crippen molar-refractivity contribution >= 4 is 22.1 Å². The van der Waals surface area contributed by atoms with E-state index in [0.717, 1.165) is 39.0 Å². The highest BCUT2D eigenvalue weighted by molar-refractivity contribution is 5.96. The number of furan rings is 1. The minimum Gasteiger partial charge on any atom is -0.456 e. The van der Waals surface area contributed by atoms with E-state index < -0.39 is 0 Å². The summed E-state index contributed by atoms with van der Waals surface area (Å²) in [7, 11) is 0. The van der Waals surface area contributed by atoms with Gasteiger partial charge in [-0.05, 0) is 19.9 Å². The van der Waals surface area contributed by atoms with E-state index in [-0.39, 0.29) is 0 Å². The molecule has 104 valence electrons. The molecule has 2 heterocycles. The van der Waals surface area contributed by atoms with Gasteiger partial charge in [0.15, 0.2) is 11.5 Å². The van der Waals surface area contributed by atoms with Crippen molar-refractivity contribution < 1.29 is 8.83 Å². The van der Waals surface area contributed by atoms with E-state index in [1.54, 1.807) is 0 Å². The normalized spacial score (nSPS) is 11.6. The van der Waals surface area contributed by atoms with Crippen molar-refractivity contribution in [2.24, 2.45) is 0 Å². The molecule has 0 unspecified atom stereocenters. The minimum absolute atomic E-state index is 0.675. The van der Waals surface area contributed by atoms with Gasteiger partial charge >= 0.3 is 0 Å². The molecule has 0 saturated heterocycles. The zero-order valence-corrected chi connectivity index (χ0v) is 12.2. The molecular formula is C18H15NO2. The third kappa shape index (κ3) is 1.85. The van der Waals surface area contributed by atoms with Crippen LogP contribution in [-0.4, -0.2) is 4.98 Å². The van der Waals surface area contributed by atoms with Crippen molar-refractivity contribution in [2.45, 2.75) is 20.8 Å². The molecule has 0 aliphatic heterocycles. The standard InChI is InChI=1S/C18H15NO2/c1-10-4-6-13(7-5-10)18-11(2)14-8-17-15(9-16(14)21-18)19-12(3)20-17/h4-9H,1-3H3. The summed E-state index contributed by atoms with van der Waals surface area (Å²) in [6, 6.07) is 12.3. The van der Waals surface area contributed by atoms with Gasteiger partial charge < -0.3 is 8.83 Å². The largest absolute Gasteiger partial charge is 0.456 e. The Hall–Kier alpha value is -2.55. The monoisotopic (exact) mass is 277 g/mol. The lowest BCUT2D eigenvalue weighted by atomic mass is 10.1. The van der Waals surface area contributed by atoms with Crippen LogP contribution < -0.4 is 0 Å². The van der Waals surface area contributed by atoms with Crippen LogP contribution in [0.2, 0.25) is 0 Å². The molecule has 0 saturated carbocycles. The first-order valence-electron chi connectivity index (χ1n) is 6.99. The van der Waals surface area contributed by atoms with Crippen molar-refractivity contribution in [2.75, 3.05) is 0 Å². The maximum atomic E-state index is 6.06. The van der Waals surface area contributed by atoms with Gasteiger partial charge in [-0.25, -0.2) is 4.98 Å². The first-order chi connectivity index (χ1) is 10.1. The number of hydrogen-bond acceptors (Lipinski definition) is 3. The van der Waals surface area contributed by atoms with Crippen molar-refractivity contribution in [3.05, 3.63) is 53.4 Å². The number of fused-ring (bicyclic) bond motifs is 2. The van der Waals surface area contributed by atoms with Gasteiger partial charge in [0, 0.05) is 29.5 Å². The molecule has 0 N–H and O–H groups in total. The van der Waals surface area contributed by atoms with Gasteiger partial charge in [0.25, 0.3) is 0 Å². The summed E-state index contributed by atoms with van der Waals surface area (Å²) in [5.74, 6) is 1.59. The molecule has 3 nitrogen and oxygen atoms in total. The fraction of sp³-hybridized carbons (Fsp3) is 0.167. The van der Waals surface area contributed by atoms with E-state index in [1.807, 2.05) is 19.1 Å². The third-order valence-electron chi connectivity index (χ3n) is 3.87. The Morgan fingerprint density at radius 3 is 2.38 bits per heavy atom. The fourth-order valence-corrected chi connectivity index (χ4v) is 2.74. The summed E-state index contributed by atoms with van der Waals surface area (Å²) in [5, 5.41) is 1.08. The summed E-state index contributed by atoms with van der Waals surface area (Å²) < 4.78 is 11.7. The summed E-state index contributed by atoms with van der Waals surface area (Å²) >= 11 is 0. The van der Waals surface area contributed by atoms with Gasteiger partial charge in [-0.15, -0.1) is 0 Å². The van der Waals surface area contributed by atoms with Crippen LogP contribution in [0.25, 0.3) is 33.4 Å². The molecule has 2 aromatic heterocycles. The van der Waals surface area contributed by atoms with Gasteiger partial charge in [-0.2, -0.15) is 0 Å². The lowest BCUT2D eigenvalue weighted by Crippen LogP contribution is -1.78. The van der Waals surface area contributed by atoms with Crippen LogP contribution in [0, 0.1) is 20.8 Å². The van der Waals surface area contributed by atoms with Crippen molar-refractivity contribution in [3.8, 4) is 11.3 Å². The first kappa shape index (κ1) is 12.2. The Balaban J connectivity index is 1.98. The van der Waals surface area contributed by atoms with Crippen LogP contribution in [0.4, 0.5) is 0 Å². The number of aryl methyl sites for hydroxylation is 3. The van der Waals surface area contributed by atoms with Crippen LogP contribution in [0.5, 0.6) is 0 Å². The van der Waals surface area contributed by atoms with Gasteiger partial charge in [0.05, 0.1) is 0 Å². The molecule has 0 fully saturated rings. The Kier molecular flexibility index (Phi) is 2.45. The second-order valence-electron chi connectivity index (χ2n) is 5.47. The molecular weight excluding hydrogens is 262 g/mol. The SMILES string of the molecule is Cc1ccc(-c2oc3cc4nc(C)oc4cc3c2C)cc1. The molecule has 3 heteroatoms. The van der Waals surface area contributed by atoms with E-state index in [9.17, 15) is 0 Å². The average Bonchev–Trinajstić information content (AvgIpc) is 2.97. The summed E-state index contributed by atoms with van der Waals surface area (Å²) in [6.45, 7) is 6.01. The lowest BCUT2D eigenvalue weighted by molar-refractivity contribution is 0.561. The maximum absolute atomic E-state index is 6.06. The van der Waals surface area contributed by atoms with E-state index in [4.69, 9.17) is 8.83 Å². The molecule has 0 atom stereocenters. The van der Waals surface area contributed by atoms with E-state index in [2.05, 4.69) is 43.1 Å². The molecule has 4 aromatic rings. The topological polar surface area (TPSA) is 39.2 Å². The van der Waals surface area contributed by atoms with Crippen LogP contribution in [0.15, 0.2) is 45.2 Å².